The molecule has 2 atom stereocenters. The summed E-state index contributed by atoms with van der Waals surface area (Å²) in [5.74, 6) is 0.453. The number of hydrogen-bond acceptors (Lipinski definition) is 5. The molecule has 0 aliphatic heterocycles. The summed E-state index contributed by atoms with van der Waals surface area (Å²) in [6, 6.07) is 22.7. The average Bonchev–Trinajstić information content (AvgIpc) is 2.93. The van der Waals surface area contributed by atoms with Gasteiger partial charge >= 0.3 is 0 Å². The van der Waals surface area contributed by atoms with Gasteiger partial charge in [0.05, 0.1) is 11.9 Å². The second-order valence-electron chi connectivity index (χ2n) is 9.93. The van der Waals surface area contributed by atoms with E-state index in [0.29, 0.717) is 23.6 Å². The molecule has 8 nitrogen and oxygen atoms in total. The van der Waals surface area contributed by atoms with Crippen molar-refractivity contribution in [3.8, 4) is 11.5 Å². The third-order valence-corrected chi connectivity index (χ3v) is 7.78. The van der Waals surface area contributed by atoms with Crippen molar-refractivity contribution in [1.82, 2.24) is 10.2 Å². The second kappa shape index (κ2) is 14.0. The lowest BCUT2D eigenvalue weighted by Crippen LogP contribution is -2.53. The molecule has 0 bridgehead atoms. The van der Waals surface area contributed by atoms with Gasteiger partial charge in [-0.25, -0.2) is 8.42 Å². The molecule has 3 rings (SSSR count). The molecule has 0 aliphatic rings. The summed E-state index contributed by atoms with van der Waals surface area (Å²) < 4.78 is 32.6. The van der Waals surface area contributed by atoms with Crippen LogP contribution in [0.3, 0.4) is 0 Å². The van der Waals surface area contributed by atoms with Gasteiger partial charge in [-0.2, -0.15) is 0 Å². The van der Waals surface area contributed by atoms with Crippen molar-refractivity contribution in [3.63, 3.8) is 0 Å². The summed E-state index contributed by atoms with van der Waals surface area (Å²) in [5, 5.41) is 2.97. The van der Waals surface area contributed by atoms with E-state index in [4.69, 9.17) is 4.74 Å². The van der Waals surface area contributed by atoms with Gasteiger partial charge in [-0.1, -0.05) is 61.9 Å². The molecule has 0 saturated carbocycles. The topological polar surface area (TPSA) is 96.0 Å². The van der Waals surface area contributed by atoms with Crippen LogP contribution < -0.4 is 14.4 Å². The standard InChI is InChI=1S/C31H39N3O5S/c1-6-24(4)32-31(36)29(7-2)33(21-25-15-13-23(3)14-16-25)30(35)22-34(40(5,37)38)26-17-19-28(20-18-26)39-27-11-9-8-10-12-27/h8-20,24,29H,6-7,21-22H2,1-5H3,(H,32,36)/t24-,29+/m0/s1. The minimum atomic E-state index is -3.83. The van der Waals surface area contributed by atoms with Crippen molar-refractivity contribution >= 4 is 27.5 Å². The molecular formula is C31H39N3O5S. The summed E-state index contributed by atoms with van der Waals surface area (Å²) in [7, 11) is -3.83. The van der Waals surface area contributed by atoms with Gasteiger partial charge in [0, 0.05) is 12.6 Å². The number of benzene rings is 3. The number of aryl methyl sites for hydroxylation is 1. The predicted molar refractivity (Wildman–Crippen MR) is 159 cm³/mol. The minimum absolute atomic E-state index is 0.0537. The first kappa shape index (κ1) is 30.7. The zero-order valence-electron chi connectivity index (χ0n) is 23.8. The average molecular weight is 566 g/mol. The molecule has 3 aromatic carbocycles. The second-order valence-corrected chi connectivity index (χ2v) is 11.8. The molecule has 1 N–H and O–H groups in total. The highest BCUT2D eigenvalue weighted by atomic mass is 32.2. The molecule has 3 aromatic rings. The molecule has 0 radical (unpaired) electrons. The summed E-state index contributed by atoms with van der Waals surface area (Å²) >= 11 is 0. The van der Waals surface area contributed by atoms with E-state index < -0.39 is 28.5 Å². The lowest BCUT2D eigenvalue weighted by Gasteiger charge is -2.33. The molecule has 214 valence electrons. The van der Waals surface area contributed by atoms with E-state index >= 15 is 0 Å². The number of ether oxygens (including phenoxy) is 1. The van der Waals surface area contributed by atoms with Crippen molar-refractivity contribution < 1.29 is 22.7 Å². The van der Waals surface area contributed by atoms with Crippen molar-refractivity contribution in [2.45, 2.75) is 59.2 Å². The van der Waals surface area contributed by atoms with Gasteiger partial charge < -0.3 is 15.0 Å². The first-order valence-corrected chi connectivity index (χ1v) is 15.3. The van der Waals surface area contributed by atoms with E-state index in [1.807, 2.05) is 82.3 Å². The molecule has 0 spiro atoms. The van der Waals surface area contributed by atoms with E-state index in [1.54, 1.807) is 24.3 Å². The Morgan fingerprint density at radius 3 is 2.02 bits per heavy atom. The van der Waals surface area contributed by atoms with E-state index in [1.165, 1.54) is 4.90 Å². The Bertz CT molecular complexity index is 1360. The summed E-state index contributed by atoms with van der Waals surface area (Å²) in [4.78, 5) is 28.5. The maximum Gasteiger partial charge on any atom is 0.244 e. The lowest BCUT2D eigenvalue weighted by atomic mass is 10.1. The van der Waals surface area contributed by atoms with Crippen LogP contribution in [0.2, 0.25) is 0 Å². The Balaban J connectivity index is 1.89. The fourth-order valence-electron chi connectivity index (χ4n) is 4.17. The van der Waals surface area contributed by atoms with Gasteiger partial charge in [0.2, 0.25) is 21.8 Å². The van der Waals surface area contributed by atoms with Gasteiger partial charge in [0.15, 0.2) is 0 Å². The van der Waals surface area contributed by atoms with Gasteiger partial charge in [0.25, 0.3) is 0 Å². The number of sulfonamides is 1. The van der Waals surface area contributed by atoms with Crippen LogP contribution in [0.25, 0.3) is 0 Å². The quantitative estimate of drug-likeness (QED) is 0.304. The van der Waals surface area contributed by atoms with Crippen LogP contribution in [-0.4, -0.2) is 50.0 Å². The fraction of sp³-hybridized carbons (Fsp3) is 0.355. The summed E-state index contributed by atoms with van der Waals surface area (Å²) in [5.41, 5.74) is 2.25. The van der Waals surface area contributed by atoms with E-state index in [2.05, 4.69) is 5.32 Å². The van der Waals surface area contributed by atoms with Crippen LogP contribution in [0.5, 0.6) is 11.5 Å². The number of para-hydroxylation sites is 1. The number of rotatable bonds is 13. The Morgan fingerprint density at radius 2 is 1.48 bits per heavy atom. The Hall–Kier alpha value is -3.85. The van der Waals surface area contributed by atoms with Crippen LogP contribution in [0.1, 0.15) is 44.7 Å². The Kier molecular flexibility index (Phi) is 10.7. The Labute approximate surface area is 238 Å². The highest BCUT2D eigenvalue weighted by Gasteiger charge is 2.32. The van der Waals surface area contributed by atoms with Crippen molar-refractivity contribution in [2.75, 3.05) is 17.1 Å². The van der Waals surface area contributed by atoms with Crippen molar-refractivity contribution in [3.05, 3.63) is 90.0 Å². The largest absolute Gasteiger partial charge is 0.457 e. The number of nitrogens with one attached hydrogen (secondary N) is 1. The molecule has 0 fully saturated rings. The molecule has 40 heavy (non-hydrogen) atoms. The Morgan fingerprint density at radius 1 is 0.875 bits per heavy atom. The molecule has 0 saturated heterocycles. The number of hydrogen-bond donors (Lipinski definition) is 1. The molecule has 0 unspecified atom stereocenters. The van der Waals surface area contributed by atoms with Gasteiger partial charge in [0.1, 0.15) is 24.1 Å². The van der Waals surface area contributed by atoms with Gasteiger partial charge in [-0.3, -0.25) is 13.9 Å². The van der Waals surface area contributed by atoms with Gasteiger partial charge in [-0.15, -0.1) is 0 Å². The molecule has 0 heterocycles. The van der Waals surface area contributed by atoms with E-state index in [0.717, 1.165) is 28.1 Å². The van der Waals surface area contributed by atoms with E-state index in [-0.39, 0.29) is 18.5 Å². The van der Waals surface area contributed by atoms with Gasteiger partial charge in [-0.05, 0) is 68.7 Å². The molecular weight excluding hydrogens is 526 g/mol. The van der Waals surface area contributed by atoms with Crippen LogP contribution >= 0.6 is 0 Å². The number of amides is 2. The predicted octanol–water partition coefficient (Wildman–Crippen LogP) is 5.28. The number of carbonyl (C=O) groups is 2. The third-order valence-electron chi connectivity index (χ3n) is 6.64. The molecule has 2 amide bonds. The SMILES string of the molecule is CC[C@H](C(=O)N[C@@H](C)CC)N(Cc1ccc(C)cc1)C(=O)CN(c1ccc(Oc2ccccc2)cc1)S(C)(=O)=O. The van der Waals surface area contributed by atoms with Crippen molar-refractivity contribution in [2.24, 2.45) is 0 Å². The highest BCUT2D eigenvalue weighted by Crippen LogP contribution is 2.26. The molecule has 9 heteroatoms. The summed E-state index contributed by atoms with van der Waals surface area (Å²) in [6.07, 6.45) is 2.19. The maximum absolute atomic E-state index is 13.8. The van der Waals surface area contributed by atoms with Crippen LogP contribution in [0, 0.1) is 6.92 Å². The minimum Gasteiger partial charge on any atom is -0.457 e. The normalized spacial score (nSPS) is 12.7. The first-order valence-electron chi connectivity index (χ1n) is 13.5. The monoisotopic (exact) mass is 565 g/mol. The molecule has 0 aromatic heterocycles. The van der Waals surface area contributed by atoms with Crippen LogP contribution in [0.4, 0.5) is 5.69 Å². The third kappa shape index (κ3) is 8.58. The number of nitrogens with zero attached hydrogens (tertiary/aromatic N) is 2. The zero-order valence-corrected chi connectivity index (χ0v) is 24.6. The number of carbonyl (C=O) groups excluding carboxylic acids is 2. The highest BCUT2D eigenvalue weighted by molar-refractivity contribution is 7.92. The lowest BCUT2D eigenvalue weighted by molar-refractivity contribution is -0.140. The maximum atomic E-state index is 13.8. The fourth-order valence-corrected chi connectivity index (χ4v) is 5.02. The molecule has 0 aliphatic carbocycles. The first-order chi connectivity index (χ1) is 19.0. The summed E-state index contributed by atoms with van der Waals surface area (Å²) in [6.45, 7) is 7.43. The smallest absolute Gasteiger partial charge is 0.244 e. The van der Waals surface area contributed by atoms with Crippen LogP contribution in [0.15, 0.2) is 78.9 Å². The van der Waals surface area contributed by atoms with Crippen LogP contribution in [-0.2, 0) is 26.2 Å². The number of anilines is 1. The van der Waals surface area contributed by atoms with E-state index in [9.17, 15) is 18.0 Å². The van der Waals surface area contributed by atoms with Crippen molar-refractivity contribution in [1.29, 1.82) is 0 Å². The zero-order chi connectivity index (χ0) is 29.3.